The zero-order chi connectivity index (χ0) is 16.2. The van der Waals surface area contributed by atoms with Crippen LogP contribution in [0.4, 0.5) is 11.4 Å². The van der Waals surface area contributed by atoms with Crippen molar-refractivity contribution >= 4 is 27.1 Å². The molecule has 116 valence electrons. The number of nitrogens with one attached hydrogen (secondary N) is 1. The highest BCUT2D eigenvalue weighted by molar-refractivity contribution is 7.89. The summed E-state index contributed by atoms with van der Waals surface area (Å²) < 4.78 is 22.5. The van der Waals surface area contributed by atoms with Gasteiger partial charge in [-0.3, -0.25) is 15.5 Å². The Kier molecular flexibility index (Phi) is 5.39. The summed E-state index contributed by atoms with van der Waals surface area (Å²) in [6.45, 7) is 5.85. The predicted molar refractivity (Wildman–Crippen MR) is 80.7 cm³/mol. The number of anilines is 1. The molecule has 0 saturated carbocycles. The van der Waals surface area contributed by atoms with Crippen molar-refractivity contribution in [2.24, 2.45) is 16.2 Å². The number of rotatable bonds is 6. The van der Waals surface area contributed by atoms with Crippen LogP contribution in [0.2, 0.25) is 0 Å². The van der Waals surface area contributed by atoms with Gasteiger partial charge in [-0.05, 0) is 24.5 Å². The second kappa shape index (κ2) is 6.64. The predicted octanol–water partition coefficient (Wildman–Crippen LogP) is 2.08. The van der Waals surface area contributed by atoms with Crippen LogP contribution in [0.1, 0.15) is 27.2 Å². The molecule has 3 N–H and O–H groups in total. The first kappa shape index (κ1) is 17.1. The Hall–Kier alpha value is -2.00. The molecule has 1 aromatic rings. The Balaban J connectivity index is 3.23. The first-order valence-corrected chi connectivity index (χ1v) is 7.85. The summed E-state index contributed by atoms with van der Waals surface area (Å²) in [5.41, 5.74) is 3.17. The van der Waals surface area contributed by atoms with Crippen LogP contribution in [-0.2, 0) is 10.0 Å². The third kappa shape index (κ3) is 4.50. The Morgan fingerprint density at radius 2 is 2.10 bits per heavy atom. The second-order valence-electron chi connectivity index (χ2n) is 4.70. The van der Waals surface area contributed by atoms with Crippen molar-refractivity contribution in [3.8, 4) is 0 Å². The molecule has 0 aliphatic rings. The van der Waals surface area contributed by atoms with E-state index in [1.165, 1.54) is 12.1 Å². The first-order valence-electron chi connectivity index (χ1n) is 6.30. The summed E-state index contributed by atoms with van der Waals surface area (Å²) in [7, 11) is -3.99. The number of hydrogen-bond acceptors (Lipinski definition) is 6. The summed E-state index contributed by atoms with van der Waals surface area (Å²) >= 11 is 0. The number of benzene rings is 1. The van der Waals surface area contributed by atoms with E-state index in [-0.39, 0.29) is 16.5 Å². The molecule has 0 spiro atoms. The normalized spacial score (nSPS) is 12.5. The van der Waals surface area contributed by atoms with Crippen LogP contribution in [0.3, 0.4) is 0 Å². The Morgan fingerprint density at radius 3 is 2.52 bits per heavy atom. The molecule has 0 fully saturated rings. The zero-order valence-electron chi connectivity index (χ0n) is 12.0. The van der Waals surface area contributed by atoms with E-state index in [2.05, 4.69) is 10.5 Å². The minimum atomic E-state index is -3.99. The number of nitrogens with zero attached hydrogens (tertiary/aromatic N) is 2. The summed E-state index contributed by atoms with van der Waals surface area (Å²) in [6, 6.07) is 3.38. The van der Waals surface area contributed by atoms with Gasteiger partial charge in [0.25, 0.3) is 5.69 Å². The second-order valence-corrected chi connectivity index (χ2v) is 6.27. The van der Waals surface area contributed by atoms with Crippen LogP contribution in [0, 0.1) is 16.0 Å². The molecule has 1 aromatic carbocycles. The number of nitro groups is 1. The molecule has 9 heteroatoms. The monoisotopic (exact) mass is 314 g/mol. The van der Waals surface area contributed by atoms with Gasteiger partial charge >= 0.3 is 0 Å². The zero-order valence-corrected chi connectivity index (χ0v) is 12.8. The van der Waals surface area contributed by atoms with Crippen molar-refractivity contribution in [1.29, 1.82) is 0 Å². The third-order valence-electron chi connectivity index (χ3n) is 2.84. The summed E-state index contributed by atoms with van der Waals surface area (Å²) in [6.07, 6.45) is 0.702. The van der Waals surface area contributed by atoms with Crippen LogP contribution in [-0.4, -0.2) is 19.1 Å². The van der Waals surface area contributed by atoms with E-state index in [1.54, 1.807) is 0 Å². The van der Waals surface area contributed by atoms with Crippen LogP contribution < -0.4 is 10.6 Å². The maximum atomic E-state index is 11.2. The van der Waals surface area contributed by atoms with Gasteiger partial charge in [-0.25, -0.2) is 13.6 Å². The van der Waals surface area contributed by atoms with E-state index in [0.717, 1.165) is 11.8 Å². The molecule has 0 unspecified atom stereocenters. The molecule has 0 amide bonds. The van der Waals surface area contributed by atoms with E-state index < -0.39 is 20.6 Å². The van der Waals surface area contributed by atoms with Gasteiger partial charge < -0.3 is 0 Å². The number of primary sulfonamides is 1. The van der Waals surface area contributed by atoms with Gasteiger partial charge in [-0.1, -0.05) is 20.8 Å². The third-order valence-corrected chi connectivity index (χ3v) is 3.75. The van der Waals surface area contributed by atoms with Gasteiger partial charge in [-0.15, -0.1) is 0 Å². The molecule has 0 aliphatic carbocycles. The van der Waals surface area contributed by atoms with Crippen molar-refractivity contribution in [2.45, 2.75) is 32.1 Å². The number of nitrogens with two attached hydrogens (primary N) is 1. The smallest absolute Gasteiger partial charge is 0.272 e. The largest absolute Gasteiger partial charge is 0.295 e. The van der Waals surface area contributed by atoms with Crippen LogP contribution in [0.25, 0.3) is 0 Å². The number of nitro benzene ring substituents is 1. The highest BCUT2D eigenvalue weighted by Crippen LogP contribution is 2.27. The van der Waals surface area contributed by atoms with Crippen molar-refractivity contribution in [3.05, 3.63) is 28.3 Å². The molecule has 21 heavy (non-hydrogen) atoms. The maximum Gasteiger partial charge on any atom is 0.295 e. The van der Waals surface area contributed by atoms with Crippen molar-refractivity contribution in [2.75, 3.05) is 5.43 Å². The molecule has 0 heterocycles. The fraction of sp³-hybridized carbons (Fsp3) is 0.417. The molecule has 0 radical (unpaired) electrons. The molecule has 0 bridgehead atoms. The van der Waals surface area contributed by atoms with E-state index in [0.29, 0.717) is 6.42 Å². The summed E-state index contributed by atoms with van der Waals surface area (Å²) in [5.74, 6) is 0.199. The average molecular weight is 314 g/mol. The van der Waals surface area contributed by atoms with E-state index in [1.807, 2.05) is 20.8 Å². The number of sulfonamides is 1. The van der Waals surface area contributed by atoms with Gasteiger partial charge in [0.1, 0.15) is 5.69 Å². The lowest BCUT2D eigenvalue weighted by Crippen LogP contribution is -2.13. The van der Waals surface area contributed by atoms with Gasteiger partial charge in [0.15, 0.2) is 0 Å². The molecular weight excluding hydrogens is 296 g/mol. The van der Waals surface area contributed by atoms with Gasteiger partial charge in [-0.2, -0.15) is 5.10 Å². The van der Waals surface area contributed by atoms with Crippen LogP contribution in [0.15, 0.2) is 28.2 Å². The van der Waals surface area contributed by atoms with Gasteiger partial charge in [0.05, 0.1) is 9.82 Å². The lowest BCUT2D eigenvalue weighted by atomic mass is 10.1. The van der Waals surface area contributed by atoms with Crippen LogP contribution in [0.5, 0.6) is 0 Å². The summed E-state index contributed by atoms with van der Waals surface area (Å²) in [4.78, 5) is 10.0. The molecule has 0 saturated heterocycles. The maximum absolute atomic E-state index is 11.2. The number of hydrogen-bond donors (Lipinski definition) is 2. The molecule has 8 nitrogen and oxygen atoms in total. The quantitative estimate of drug-likeness (QED) is 0.472. The standard InChI is InChI=1S/C12H18N4O4S/c1-4-10(8(2)3)14-15-11-6-5-9(21(13,19)20)7-12(11)16(17)18/h5-8,15H,4H2,1-3H3,(H2,13,19,20)/b14-10-. The minimum Gasteiger partial charge on any atom is -0.272 e. The molecule has 0 aliphatic heterocycles. The van der Waals surface area contributed by atoms with Crippen molar-refractivity contribution in [3.63, 3.8) is 0 Å². The molecule has 0 atom stereocenters. The Labute approximate surface area is 123 Å². The topological polar surface area (TPSA) is 128 Å². The highest BCUT2D eigenvalue weighted by atomic mass is 32.2. The molecular formula is C12H18N4O4S. The fourth-order valence-corrected chi connectivity index (χ4v) is 2.22. The highest BCUT2D eigenvalue weighted by Gasteiger charge is 2.19. The fourth-order valence-electron chi connectivity index (χ4n) is 1.68. The SMILES string of the molecule is CC/C(=N/Nc1ccc(S(N)(=O)=O)cc1[N+](=O)[O-])C(C)C. The first-order chi connectivity index (χ1) is 9.66. The average Bonchev–Trinajstić information content (AvgIpc) is 2.37. The van der Waals surface area contributed by atoms with Crippen molar-refractivity contribution < 1.29 is 13.3 Å². The summed E-state index contributed by atoms with van der Waals surface area (Å²) in [5, 5.41) is 20.1. The molecule has 1 rings (SSSR count). The number of hydrazone groups is 1. The molecule has 0 aromatic heterocycles. The van der Waals surface area contributed by atoms with E-state index in [9.17, 15) is 18.5 Å². The minimum absolute atomic E-state index is 0.110. The Bertz CT molecular complexity index is 668. The Morgan fingerprint density at radius 1 is 1.48 bits per heavy atom. The van der Waals surface area contributed by atoms with Crippen molar-refractivity contribution in [1.82, 2.24) is 0 Å². The van der Waals surface area contributed by atoms with E-state index >= 15 is 0 Å². The van der Waals surface area contributed by atoms with E-state index in [4.69, 9.17) is 5.14 Å². The lowest BCUT2D eigenvalue weighted by molar-refractivity contribution is -0.384. The van der Waals surface area contributed by atoms with Gasteiger partial charge in [0.2, 0.25) is 10.0 Å². The van der Waals surface area contributed by atoms with Crippen LogP contribution >= 0.6 is 0 Å². The lowest BCUT2D eigenvalue weighted by Gasteiger charge is -2.09. The van der Waals surface area contributed by atoms with Gasteiger partial charge in [0, 0.05) is 11.8 Å².